The molecule has 1 aromatic heterocycles. The molecule has 2 aromatic rings. The summed E-state index contributed by atoms with van der Waals surface area (Å²) in [6.07, 6.45) is 7.44. The Balaban J connectivity index is 1.42. The van der Waals surface area contributed by atoms with Gasteiger partial charge in [0, 0.05) is 62.5 Å². The summed E-state index contributed by atoms with van der Waals surface area (Å²) in [5.74, 6) is -0.575. The van der Waals surface area contributed by atoms with Crippen LogP contribution in [0.2, 0.25) is 0 Å². The quantitative estimate of drug-likeness (QED) is 0.314. The Morgan fingerprint density at radius 2 is 1.67 bits per heavy atom. The SMILES string of the molecule is CCO[C@@H]1OC(C(=O)N2CCC(N3CCCCC3)CC2)=C[C@H](c2c(C)n(C)n(-c3ccccc3)c2=O)[C@H]1CCOCCOCCO. The van der Waals surface area contributed by atoms with Gasteiger partial charge in [-0.2, -0.15) is 0 Å². The molecule has 0 unspecified atom stereocenters. The molecule has 0 saturated carbocycles. The summed E-state index contributed by atoms with van der Waals surface area (Å²) in [5, 5.41) is 8.95. The van der Waals surface area contributed by atoms with Gasteiger partial charge in [0.25, 0.3) is 11.5 Å². The number of allylic oxidation sites excluding steroid dienone is 1. The molecule has 2 fully saturated rings. The van der Waals surface area contributed by atoms with Crippen molar-refractivity contribution in [3.05, 3.63) is 63.8 Å². The molecule has 11 nitrogen and oxygen atoms in total. The molecule has 0 aliphatic carbocycles. The number of aliphatic hydroxyl groups excluding tert-OH is 1. The zero-order chi connectivity index (χ0) is 32.5. The molecule has 3 aliphatic rings. The van der Waals surface area contributed by atoms with E-state index in [1.165, 1.54) is 19.3 Å². The molecule has 0 bridgehead atoms. The van der Waals surface area contributed by atoms with Crippen molar-refractivity contribution in [2.24, 2.45) is 13.0 Å². The highest BCUT2D eigenvalue weighted by atomic mass is 16.7. The van der Waals surface area contributed by atoms with Gasteiger partial charge in [-0.15, -0.1) is 0 Å². The maximum Gasteiger partial charge on any atom is 0.288 e. The molecule has 2 saturated heterocycles. The van der Waals surface area contributed by atoms with E-state index in [9.17, 15) is 9.59 Å². The molecule has 1 N–H and O–H groups in total. The summed E-state index contributed by atoms with van der Waals surface area (Å²) in [4.78, 5) is 32.8. The van der Waals surface area contributed by atoms with Crippen molar-refractivity contribution in [2.45, 2.75) is 70.6 Å². The number of piperidine rings is 2. The maximum absolute atomic E-state index is 14.2. The highest BCUT2D eigenvalue weighted by Crippen LogP contribution is 2.40. The molecule has 5 rings (SSSR count). The predicted molar refractivity (Wildman–Crippen MR) is 175 cm³/mol. The number of likely N-dealkylation sites (tertiary alicyclic amines) is 2. The van der Waals surface area contributed by atoms with Gasteiger partial charge in [0.1, 0.15) is 0 Å². The first-order valence-corrected chi connectivity index (χ1v) is 17.1. The number of aromatic nitrogens is 2. The third-order valence-electron chi connectivity index (χ3n) is 9.72. The van der Waals surface area contributed by atoms with Crippen LogP contribution in [0.3, 0.4) is 0 Å². The Labute approximate surface area is 272 Å². The lowest BCUT2D eigenvalue weighted by Gasteiger charge is -2.41. The minimum atomic E-state index is -0.719. The van der Waals surface area contributed by atoms with Crippen molar-refractivity contribution in [1.29, 1.82) is 0 Å². The summed E-state index contributed by atoms with van der Waals surface area (Å²) in [6, 6.07) is 10.1. The third-order valence-corrected chi connectivity index (χ3v) is 9.72. The van der Waals surface area contributed by atoms with Crippen molar-refractivity contribution in [1.82, 2.24) is 19.2 Å². The predicted octanol–water partition coefficient (Wildman–Crippen LogP) is 3.35. The summed E-state index contributed by atoms with van der Waals surface area (Å²) in [7, 11) is 1.89. The van der Waals surface area contributed by atoms with E-state index in [1.807, 2.05) is 66.9 Å². The van der Waals surface area contributed by atoms with E-state index in [-0.39, 0.29) is 36.4 Å². The zero-order valence-corrected chi connectivity index (χ0v) is 27.8. The average Bonchev–Trinajstić information content (AvgIpc) is 3.31. The molecule has 3 atom stereocenters. The first-order chi connectivity index (χ1) is 22.4. The minimum absolute atomic E-state index is 0.0299. The van der Waals surface area contributed by atoms with Gasteiger partial charge in [-0.25, -0.2) is 4.68 Å². The maximum atomic E-state index is 14.2. The van der Waals surface area contributed by atoms with Crippen molar-refractivity contribution < 1.29 is 28.8 Å². The Kier molecular flexibility index (Phi) is 12.5. The number of nitrogens with zero attached hydrogens (tertiary/aromatic N) is 4. The number of hydrogen-bond donors (Lipinski definition) is 1. The van der Waals surface area contributed by atoms with Crippen molar-refractivity contribution in [3.63, 3.8) is 0 Å². The van der Waals surface area contributed by atoms with Gasteiger partial charge in [0.2, 0.25) is 6.29 Å². The van der Waals surface area contributed by atoms with Crippen LogP contribution in [-0.2, 0) is 30.8 Å². The lowest BCUT2D eigenvalue weighted by molar-refractivity contribution is -0.172. The molecule has 46 heavy (non-hydrogen) atoms. The van der Waals surface area contributed by atoms with Crippen LogP contribution in [0.25, 0.3) is 5.69 Å². The topological polar surface area (TPSA) is 108 Å². The number of hydrogen-bond acceptors (Lipinski definition) is 8. The van der Waals surface area contributed by atoms with Crippen LogP contribution in [-0.4, -0.2) is 108 Å². The molecule has 3 aliphatic heterocycles. The van der Waals surface area contributed by atoms with Crippen molar-refractivity contribution >= 4 is 5.91 Å². The van der Waals surface area contributed by atoms with E-state index in [4.69, 9.17) is 24.1 Å². The average molecular weight is 641 g/mol. The second kappa shape index (κ2) is 16.7. The Bertz CT molecular complexity index is 1340. The highest BCUT2D eigenvalue weighted by molar-refractivity contribution is 5.92. The highest BCUT2D eigenvalue weighted by Gasteiger charge is 2.42. The van der Waals surface area contributed by atoms with E-state index in [1.54, 1.807) is 4.68 Å². The summed E-state index contributed by atoms with van der Waals surface area (Å²) >= 11 is 0. The fourth-order valence-corrected chi connectivity index (χ4v) is 7.22. The standard InChI is InChI=1S/C35H52N4O7/c1-4-45-35-29(15-21-43-23-24-44-22-20-40)30(32-26(2)36(3)39(34(32)42)28-11-7-5-8-12-28)25-31(46-35)33(41)38-18-13-27(14-19-38)37-16-9-6-10-17-37/h5,7-8,11-12,25,27,29-30,35,40H,4,6,9-10,13-24H2,1-3H3/t29-,30+,35-/m1/s1. The number of benzene rings is 1. The number of rotatable bonds is 14. The van der Waals surface area contributed by atoms with Crippen LogP contribution in [0.1, 0.15) is 62.6 Å². The lowest BCUT2D eigenvalue weighted by atomic mass is 9.81. The van der Waals surface area contributed by atoms with Crippen molar-refractivity contribution in [3.8, 4) is 5.69 Å². The first-order valence-electron chi connectivity index (χ1n) is 17.1. The normalized spacial score (nSPS) is 22.9. The Morgan fingerprint density at radius 1 is 0.978 bits per heavy atom. The van der Waals surface area contributed by atoms with Crippen LogP contribution in [0.5, 0.6) is 0 Å². The summed E-state index contributed by atoms with van der Waals surface area (Å²) in [5.41, 5.74) is 2.11. The molecular formula is C35H52N4O7. The van der Waals surface area contributed by atoms with Gasteiger partial charge in [-0.1, -0.05) is 24.6 Å². The number of carbonyl (C=O) groups is 1. The second-order valence-corrected chi connectivity index (χ2v) is 12.5. The van der Waals surface area contributed by atoms with E-state index < -0.39 is 12.2 Å². The van der Waals surface area contributed by atoms with Gasteiger partial charge in [0.15, 0.2) is 5.76 Å². The molecule has 4 heterocycles. The van der Waals surface area contributed by atoms with Gasteiger partial charge < -0.3 is 33.9 Å². The third kappa shape index (κ3) is 7.94. The van der Waals surface area contributed by atoms with E-state index in [2.05, 4.69) is 4.90 Å². The molecule has 1 aromatic carbocycles. The largest absolute Gasteiger partial charge is 0.459 e. The van der Waals surface area contributed by atoms with Gasteiger partial charge in [-0.05, 0) is 77.2 Å². The number of ether oxygens (including phenoxy) is 4. The Morgan fingerprint density at radius 3 is 2.35 bits per heavy atom. The van der Waals surface area contributed by atoms with E-state index >= 15 is 0 Å². The molecular weight excluding hydrogens is 588 g/mol. The molecule has 0 radical (unpaired) electrons. The molecule has 1 amide bonds. The van der Waals surface area contributed by atoms with E-state index in [0.29, 0.717) is 57.5 Å². The lowest BCUT2D eigenvalue weighted by Crippen LogP contribution is -2.49. The van der Waals surface area contributed by atoms with Gasteiger partial charge in [0.05, 0.1) is 32.1 Å². The molecule has 254 valence electrons. The first kappa shape index (κ1) is 34.4. The second-order valence-electron chi connectivity index (χ2n) is 12.5. The van der Waals surface area contributed by atoms with E-state index in [0.717, 1.165) is 37.3 Å². The molecule has 11 heteroatoms. The summed E-state index contributed by atoms with van der Waals surface area (Å²) < 4.78 is 27.3. The van der Waals surface area contributed by atoms with Crippen molar-refractivity contribution in [2.75, 3.05) is 65.8 Å². The smallest absolute Gasteiger partial charge is 0.288 e. The van der Waals surface area contributed by atoms with Gasteiger partial charge >= 0.3 is 0 Å². The monoisotopic (exact) mass is 640 g/mol. The number of para-hydroxylation sites is 1. The molecule has 0 spiro atoms. The Hall–Kier alpha value is -2.96. The van der Waals surface area contributed by atoms with Crippen LogP contribution in [0, 0.1) is 12.8 Å². The van der Waals surface area contributed by atoms with Crippen LogP contribution in [0.15, 0.2) is 47.0 Å². The summed E-state index contributed by atoms with van der Waals surface area (Å²) in [6.45, 7) is 9.35. The fraction of sp³-hybridized carbons (Fsp3) is 0.657. The minimum Gasteiger partial charge on any atom is -0.459 e. The zero-order valence-electron chi connectivity index (χ0n) is 27.8. The van der Waals surface area contributed by atoms with Crippen LogP contribution in [0.4, 0.5) is 0 Å². The number of aliphatic hydroxyl groups is 1. The van der Waals surface area contributed by atoms with Gasteiger partial charge in [-0.3, -0.25) is 14.3 Å². The fourth-order valence-electron chi connectivity index (χ4n) is 7.22. The van der Waals surface area contributed by atoms with Crippen LogP contribution >= 0.6 is 0 Å². The number of amides is 1. The number of carbonyl (C=O) groups excluding carboxylic acids is 1. The van der Waals surface area contributed by atoms with Crippen LogP contribution < -0.4 is 5.56 Å².